The van der Waals surface area contributed by atoms with Crippen molar-refractivity contribution < 1.29 is 13.9 Å². The first-order valence-electron chi connectivity index (χ1n) is 7.10. The highest BCUT2D eigenvalue weighted by molar-refractivity contribution is 5.41. The first-order chi connectivity index (χ1) is 10.3. The lowest BCUT2D eigenvalue weighted by Crippen LogP contribution is -2.22. The fourth-order valence-corrected chi connectivity index (χ4v) is 2.17. The summed E-state index contributed by atoms with van der Waals surface area (Å²) in [5.74, 6) is 0.383. The lowest BCUT2D eigenvalue weighted by molar-refractivity contribution is 0.0145. The molecule has 2 rings (SSSR count). The van der Waals surface area contributed by atoms with E-state index in [0.29, 0.717) is 22.9 Å². The summed E-state index contributed by atoms with van der Waals surface area (Å²) < 4.78 is 25.5. The molecule has 0 radical (unpaired) electrons. The van der Waals surface area contributed by atoms with Gasteiger partial charge in [0.1, 0.15) is 17.3 Å². The zero-order chi connectivity index (χ0) is 16.5. The van der Waals surface area contributed by atoms with Gasteiger partial charge in [0.05, 0.1) is 22.6 Å². The Morgan fingerprint density at radius 3 is 2.27 bits per heavy atom. The number of nitrogens with zero attached hydrogens (tertiary/aromatic N) is 2. The van der Waals surface area contributed by atoms with E-state index in [1.165, 1.54) is 13.2 Å². The van der Waals surface area contributed by atoms with Crippen molar-refractivity contribution in [1.29, 1.82) is 0 Å². The van der Waals surface area contributed by atoms with E-state index in [9.17, 15) is 4.39 Å². The largest absolute Gasteiger partial charge is 0.437 e. The fourth-order valence-electron chi connectivity index (χ4n) is 2.17. The summed E-state index contributed by atoms with van der Waals surface area (Å²) >= 11 is 0. The maximum Gasteiger partial charge on any atom is 0.241 e. The number of halogens is 1. The van der Waals surface area contributed by atoms with E-state index in [-0.39, 0.29) is 5.82 Å². The van der Waals surface area contributed by atoms with Gasteiger partial charge in [0, 0.05) is 7.11 Å². The van der Waals surface area contributed by atoms with Crippen LogP contribution in [0.1, 0.15) is 36.5 Å². The van der Waals surface area contributed by atoms with Gasteiger partial charge in [-0.05, 0) is 46.8 Å². The van der Waals surface area contributed by atoms with Crippen LogP contribution in [0.3, 0.4) is 0 Å². The van der Waals surface area contributed by atoms with Gasteiger partial charge in [-0.25, -0.2) is 9.37 Å². The lowest BCUT2D eigenvalue weighted by Gasteiger charge is -2.26. The van der Waals surface area contributed by atoms with E-state index in [2.05, 4.69) is 9.97 Å². The van der Waals surface area contributed by atoms with Crippen molar-refractivity contribution in [1.82, 2.24) is 9.97 Å². The zero-order valence-corrected chi connectivity index (χ0v) is 13.8. The molecule has 0 saturated heterocycles. The first kappa shape index (κ1) is 16.4. The quantitative estimate of drug-likeness (QED) is 0.848. The third-order valence-corrected chi connectivity index (χ3v) is 3.73. The second-order valence-corrected chi connectivity index (χ2v) is 5.71. The molecule has 0 aliphatic rings. The molecule has 22 heavy (non-hydrogen) atoms. The van der Waals surface area contributed by atoms with Crippen LogP contribution in [0.15, 0.2) is 18.2 Å². The zero-order valence-electron chi connectivity index (χ0n) is 13.8. The Labute approximate surface area is 130 Å². The van der Waals surface area contributed by atoms with Crippen LogP contribution >= 0.6 is 0 Å². The van der Waals surface area contributed by atoms with Crippen LogP contribution in [-0.2, 0) is 10.3 Å². The maximum absolute atomic E-state index is 14.3. The molecule has 0 unspecified atom stereocenters. The van der Waals surface area contributed by atoms with E-state index < -0.39 is 5.60 Å². The van der Waals surface area contributed by atoms with Gasteiger partial charge in [-0.3, -0.25) is 4.98 Å². The summed E-state index contributed by atoms with van der Waals surface area (Å²) in [5.41, 5.74) is 1.83. The van der Waals surface area contributed by atoms with Crippen molar-refractivity contribution >= 4 is 0 Å². The van der Waals surface area contributed by atoms with Gasteiger partial charge >= 0.3 is 0 Å². The summed E-state index contributed by atoms with van der Waals surface area (Å²) in [5, 5.41) is 0. The number of methoxy groups -OCH3 is 1. The number of aromatic nitrogens is 2. The molecule has 0 fully saturated rings. The molecule has 0 aliphatic heterocycles. The van der Waals surface area contributed by atoms with Gasteiger partial charge in [0.25, 0.3) is 0 Å². The molecule has 4 nitrogen and oxygen atoms in total. The summed E-state index contributed by atoms with van der Waals surface area (Å²) in [7, 11) is 1.54. The predicted octanol–water partition coefficient (Wildman–Crippen LogP) is 4.21. The molecule has 0 spiro atoms. The molecule has 0 atom stereocenters. The normalized spacial score (nSPS) is 11.6. The van der Waals surface area contributed by atoms with E-state index in [1.807, 2.05) is 20.8 Å². The van der Waals surface area contributed by atoms with Crippen LogP contribution in [0.2, 0.25) is 0 Å². The molecule has 0 saturated carbocycles. The first-order valence-corrected chi connectivity index (χ1v) is 7.10. The molecule has 1 heterocycles. The van der Waals surface area contributed by atoms with E-state index in [0.717, 1.165) is 11.4 Å². The number of aryl methyl sites for hydroxylation is 3. The molecule has 0 amide bonds. The van der Waals surface area contributed by atoms with Gasteiger partial charge in [-0.1, -0.05) is 6.07 Å². The maximum atomic E-state index is 14.3. The number of hydrogen-bond donors (Lipinski definition) is 0. The molecule has 2 aromatic rings. The molecule has 118 valence electrons. The number of hydrogen-bond acceptors (Lipinski definition) is 4. The highest BCUT2D eigenvalue weighted by Crippen LogP contribution is 2.36. The second kappa shape index (κ2) is 6.01. The third-order valence-electron chi connectivity index (χ3n) is 3.73. The minimum atomic E-state index is -0.818. The van der Waals surface area contributed by atoms with Gasteiger partial charge in [-0.15, -0.1) is 0 Å². The van der Waals surface area contributed by atoms with Crippen molar-refractivity contribution in [2.75, 3.05) is 7.11 Å². The minimum Gasteiger partial charge on any atom is -0.437 e. The van der Waals surface area contributed by atoms with Crippen molar-refractivity contribution in [2.45, 2.75) is 40.2 Å². The average Bonchev–Trinajstić information content (AvgIpc) is 2.44. The Morgan fingerprint density at radius 2 is 1.64 bits per heavy atom. The number of benzene rings is 1. The lowest BCUT2D eigenvalue weighted by atomic mass is 9.96. The Morgan fingerprint density at radius 1 is 1.00 bits per heavy atom. The smallest absolute Gasteiger partial charge is 0.241 e. The standard InChI is InChI=1S/C17H21FN2O2/c1-10-11(2)20-16(12(3)19-10)22-14-9-7-8-13(18)15(14)17(4,5)21-6/h7-9H,1-6H3. The number of ether oxygens (including phenoxy) is 2. The van der Waals surface area contributed by atoms with Crippen LogP contribution in [0, 0.1) is 26.6 Å². The Hall–Kier alpha value is -2.01. The SMILES string of the molecule is COC(C)(C)c1c(F)cccc1Oc1nc(C)c(C)nc1C. The fraction of sp³-hybridized carbons (Fsp3) is 0.412. The van der Waals surface area contributed by atoms with Crippen molar-refractivity contribution in [2.24, 2.45) is 0 Å². The van der Waals surface area contributed by atoms with Gasteiger partial charge in [-0.2, -0.15) is 0 Å². The highest BCUT2D eigenvalue weighted by atomic mass is 19.1. The topological polar surface area (TPSA) is 44.2 Å². The summed E-state index contributed by atoms with van der Waals surface area (Å²) in [6, 6.07) is 4.70. The second-order valence-electron chi connectivity index (χ2n) is 5.71. The summed E-state index contributed by atoms with van der Waals surface area (Å²) in [6.07, 6.45) is 0. The molecule has 1 aromatic heterocycles. The van der Waals surface area contributed by atoms with Gasteiger partial charge in [0.2, 0.25) is 5.88 Å². The van der Waals surface area contributed by atoms with E-state index in [4.69, 9.17) is 9.47 Å². The predicted molar refractivity (Wildman–Crippen MR) is 82.8 cm³/mol. The van der Waals surface area contributed by atoms with Crippen LogP contribution in [0.4, 0.5) is 4.39 Å². The summed E-state index contributed by atoms with van der Waals surface area (Å²) in [6.45, 7) is 9.14. The van der Waals surface area contributed by atoms with Crippen LogP contribution in [0.25, 0.3) is 0 Å². The van der Waals surface area contributed by atoms with Crippen molar-refractivity contribution in [3.8, 4) is 11.6 Å². The minimum absolute atomic E-state index is 0.358. The van der Waals surface area contributed by atoms with E-state index >= 15 is 0 Å². The molecule has 1 aromatic carbocycles. The summed E-state index contributed by atoms with van der Waals surface area (Å²) in [4.78, 5) is 8.79. The average molecular weight is 304 g/mol. The molecule has 0 bridgehead atoms. The molecule has 0 N–H and O–H groups in total. The Bertz CT molecular complexity index is 699. The van der Waals surface area contributed by atoms with Crippen molar-refractivity contribution in [3.63, 3.8) is 0 Å². The molecular weight excluding hydrogens is 283 g/mol. The van der Waals surface area contributed by atoms with E-state index in [1.54, 1.807) is 26.0 Å². The highest BCUT2D eigenvalue weighted by Gasteiger charge is 2.28. The van der Waals surface area contributed by atoms with Crippen molar-refractivity contribution in [3.05, 3.63) is 46.7 Å². The van der Waals surface area contributed by atoms with Crippen LogP contribution in [0.5, 0.6) is 11.6 Å². The third kappa shape index (κ3) is 3.09. The van der Waals surface area contributed by atoms with Gasteiger partial charge < -0.3 is 9.47 Å². The molecule has 5 heteroatoms. The molecule has 0 aliphatic carbocycles. The number of rotatable bonds is 4. The van der Waals surface area contributed by atoms with Gasteiger partial charge in [0.15, 0.2) is 0 Å². The molecular formula is C17H21FN2O2. The Balaban J connectivity index is 2.51. The van der Waals surface area contributed by atoms with Crippen LogP contribution in [-0.4, -0.2) is 17.1 Å². The van der Waals surface area contributed by atoms with Crippen LogP contribution < -0.4 is 4.74 Å². The monoisotopic (exact) mass is 304 g/mol. The Kier molecular flexibility index (Phi) is 4.47.